The topological polar surface area (TPSA) is 80.1 Å². The molecule has 0 aliphatic carbocycles. The molecule has 0 unspecified atom stereocenters. The van der Waals surface area contributed by atoms with E-state index in [2.05, 4.69) is 0 Å². The average Bonchev–Trinajstić information content (AvgIpc) is 3.46. The molecule has 0 bridgehead atoms. The molecule has 170 valence electrons. The highest BCUT2D eigenvalue weighted by molar-refractivity contribution is 7.89. The van der Waals surface area contributed by atoms with E-state index in [1.165, 1.54) is 16.4 Å². The van der Waals surface area contributed by atoms with Crippen LogP contribution in [0.25, 0.3) is 0 Å². The number of furan rings is 1. The fourth-order valence-electron chi connectivity index (χ4n) is 3.81. The minimum Gasteiger partial charge on any atom is -0.467 e. The number of benzene rings is 1. The normalized spacial score (nSPS) is 19.7. The van der Waals surface area contributed by atoms with Crippen LogP contribution < -0.4 is 0 Å². The molecule has 1 aliphatic heterocycles. The lowest BCUT2D eigenvalue weighted by Gasteiger charge is -2.34. The predicted molar refractivity (Wildman–Crippen MR) is 122 cm³/mol. The molecule has 7 nitrogen and oxygen atoms in total. The summed E-state index contributed by atoms with van der Waals surface area (Å²) in [6, 6.07) is 13.7. The zero-order chi connectivity index (χ0) is 22.7. The van der Waals surface area contributed by atoms with Crippen molar-refractivity contribution >= 4 is 27.3 Å². The number of carbonyl (C=O) groups excluding carboxylic acids is 1. The van der Waals surface area contributed by atoms with E-state index in [1.807, 2.05) is 37.4 Å². The van der Waals surface area contributed by atoms with Crippen molar-refractivity contribution < 1.29 is 22.4 Å². The van der Waals surface area contributed by atoms with Crippen molar-refractivity contribution in [3.8, 4) is 0 Å². The van der Waals surface area contributed by atoms with Gasteiger partial charge in [0.2, 0.25) is 10.0 Å². The molecular weight excluding hydrogens is 448 g/mol. The first-order valence-corrected chi connectivity index (χ1v) is 12.7. The van der Waals surface area contributed by atoms with Crippen LogP contribution in [0.5, 0.6) is 0 Å². The molecular formula is C23H26N2O5S2. The van der Waals surface area contributed by atoms with E-state index in [9.17, 15) is 13.2 Å². The van der Waals surface area contributed by atoms with Gasteiger partial charge < -0.3 is 14.1 Å². The second-order valence-electron chi connectivity index (χ2n) is 7.92. The standard InChI is InChI=1S/C23H26N2O5S2/c1-17-13-25(14-18(2)30-17)32(27,28)22-9-7-19(8-10-22)23(26)24(15-20-5-3-11-29-20)16-21-6-4-12-31-21/h3-12,17-18H,13-16H2,1-2H3/t17-,18+. The highest BCUT2D eigenvalue weighted by atomic mass is 32.2. The molecule has 1 amide bonds. The van der Waals surface area contributed by atoms with Gasteiger partial charge in [-0.3, -0.25) is 4.79 Å². The van der Waals surface area contributed by atoms with Gasteiger partial charge in [-0.05, 0) is 61.7 Å². The minimum absolute atomic E-state index is 0.165. The van der Waals surface area contributed by atoms with E-state index >= 15 is 0 Å². The van der Waals surface area contributed by atoms with Gasteiger partial charge in [-0.2, -0.15) is 4.31 Å². The molecule has 1 aliphatic rings. The lowest BCUT2D eigenvalue weighted by Crippen LogP contribution is -2.48. The van der Waals surface area contributed by atoms with Gasteiger partial charge in [0.25, 0.3) is 5.91 Å². The van der Waals surface area contributed by atoms with E-state index in [4.69, 9.17) is 9.15 Å². The summed E-state index contributed by atoms with van der Waals surface area (Å²) in [6.45, 7) is 5.12. The van der Waals surface area contributed by atoms with Crippen LogP contribution in [0.1, 0.15) is 34.8 Å². The number of ether oxygens (including phenoxy) is 1. The van der Waals surface area contributed by atoms with Crippen molar-refractivity contribution in [1.82, 2.24) is 9.21 Å². The Labute approximate surface area is 192 Å². The molecule has 2 atom stereocenters. The highest BCUT2D eigenvalue weighted by Crippen LogP contribution is 2.23. The molecule has 9 heteroatoms. The molecule has 3 heterocycles. The Hall–Kier alpha value is -2.46. The Morgan fingerprint density at radius 3 is 2.38 bits per heavy atom. The summed E-state index contributed by atoms with van der Waals surface area (Å²) in [6.07, 6.45) is 1.25. The van der Waals surface area contributed by atoms with Gasteiger partial charge in [-0.15, -0.1) is 11.3 Å². The molecule has 2 aromatic heterocycles. The molecule has 0 radical (unpaired) electrons. The predicted octanol–water partition coefficient (Wildman–Crippen LogP) is 3.98. The molecule has 0 saturated carbocycles. The zero-order valence-corrected chi connectivity index (χ0v) is 19.6. The number of nitrogens with zero attached hydrogens (tertiary/aromatic N) is 2. The van der Waals surface area contributed by atoms with E-state index < -0.39 is 10.0 Å². The Morgan fingerprint density at radius 1 is 1.06 bits per heavy atom. The SMILES string of the molecule is C[C@@H]1CN(S(=O)(=O)c2ccc(C(=O)N(Cc3ccco3)Cc3cccs3)cc2)C[C@H](C)O1. The Bertz CT molecular complexity index is 1080. The number of sulfonamides is 1. The number of hydrogen-bond donors (Lipinski definition) is 0. The largest absolute Gasteiger partial charge is 0.467 e. The van der Waals surface area contributed by atoms with E-state index in [-0.39, 0.29) is 23.0 Å². The fourth-order valence-corrected chi connectivity index (χ4v) is 6.12. The second-order valence-corrected chi connectivity index (χ2v) is 10.9. The molecule has 1 aromatic carbocycles. The summed E-state index contributed by atoms with van der Waals surface area (Å²) in [7, 11) is -3.66. The summed E-state index contributed by atoms with van der Waals surface area (Å²) < 4.78 is 38.7. The van der Waals surface area contributed by atoms with Crippen molar-refractivity contribution in [2.45, 2.75) is 44.0 Å². The van der Waals surface area contributed by atoms with Crippen LogP contribution in [0.2, 0.25) is 0 Å². The summed E-state index contributed by atoms with van der Waals surface area (Å²) in [4.78, 5) is 16.2. The summed E-state index contributed by atoms with van der Waals surface area (Å²) in [5.41, 5.74) is 0.427. The second kappa shape index (κ2) is 9.58. The van der Waals surface area contributed by atoms with Crippen molar-refractivity contribution in [3.05, 3.63) is 76.4 Å². The molecule has 1 saturated heterocycles. The molecule has 32 heavy (non-hydrogen) atoms. The molecule has 0 spiro atoms. The lowest BCUT2D eigenvalue weighted by molar-refractivity contribution is -0.0440. The fraction of sp³-hybridized carbons (Fsp3) is 0.348. The quantitative estimate of drug-likeness (QED) is 0.517. The lowest BCUT2D eigenvalue weighted by atomic mass is 10.2. The Kier molecular flexibility index (Phi) is 6.80. The summed E-state index contributed by atoms with van der Waals surface area (Å²) in [5.74, 6) is 0.497. The van der Waals surface area contributed by atoms with Crippen molar-refractivity contribution in [2.24, 2.45) is 0 Å². The zero-order valence-electron chi connectivity index (χ0n) is 18.0. The van der Waals surface area contributed by atoms with Crippen molar-refractivity contribution in [3.63, 3.8) is 0 Å². The van der Waals surface area contributed by atoms with Gasteiger partial charge in [0.1, 0.15) is 5.76 Å². The van der Waals surface area contributed by atoms with Crippen LogP contribution in [0.3, 0.4) is 0 Å². The molecule has 3 aromatic rings. The maximum Gasteiger partial charge on any atom is 0.254 e. The number of morpholine rings is 1. The Morgan fingerprint density at radius 2 is 1.78 bits per heavy atom. The van der Waals surface area contributed by atoms with E-state index in [0.29, 0.717) is 37.5 Å². The number of amides is 1. The molecule has 4 rings (SSSR count). The van der Waals surface area contributed by atoms with Crippen molar-refractivity contribution in [1.29, 1.82) is 0 Å². The van der Waals surface area contributed by atoms with Gasteiger partial charge in [0.15, 0.2) is 0 Å². The number of carbonyl (C=O) groups is 1. The third-order valence-corrected chi connectivity index (χ3v) is 7.97. The summed E-state index contributed by atoms with van der Waals surface area (Å²) >= 11 is 1.58. The first kappa shape index (κ1) is 22.7. The van der Waals surface area contributed by atoms with Crippen LogP contribution in [0.15, 0.2) is 69.5 Å². The maximum atomic E-state index is 13.3. The molecule has 0 N–H and O–H groups in total. The third-order valence-electron chi connectivity index (χ3n) is 5.27. The van der Waals surface area contributed by atoms with Crippen LogP contribution in [-0.2, 0) is 27.8 Å². The number of hydrogen-bond acceptors (Lipinski definition) is 6. The summed E-state index contributed by atoms with van der Waals surface area (Å²) in [5, 5.41) is 1.97. The number of rotatable bonds is 7. The van der Waals surface area contributed by atoms with Crippen molar-refractivity contribution in [2.75, 3.05) is 13.1 Å². The van der Waals surface area contributed by atoms with Gasteiger partial charge in [0.05, 0.1) is 36.5 Å². The van der Waals surface area contributed by atoms with E-state index in [1.54, 1.807) is 40.7 Å². The third kappa shape index (κ3) is 5.12. The van der Waals surface area contributed by atoms with Crippen LogP contribution in [-0.4, -0.2) is 48.8 Å². The van der Waals surface area contributed by atoms with Crippen LogP contribution in [0.4, 0.5) is 0 Å². The maximum absolute atomic E-state index is 13.3. The average molecular weight is 475 g/mol. The van der Waals surface area contributed by atoms with Crippen LogP contribution in [0, 0.1) is 0 Å². The highest BCUT2D eigenvalue weighted by Gasteiger charge is 2.32. The minimum atomic E-state index is -3.66. The van der Waals surface area contributed by atoms with Gasteiger partial charge in [-0.1, -0.05) is 6.07 Å². The van der Waals surface area contributed by atoms with Crippen LogP contribution >= 0.6 is 11.3 Å². The number of thiophene rings is 1. The van der Waals surface area contributed by atoms with Gasteiger partial charge in [0, 0.05) is 23.5 Å². The van der Waals surface area contributed by atoms with Gasteiger partial charge >= 0.3 is 0 Å². The molecule has 1 fully saturated rings. The first-order valence-electron chi connectivity index (χ1n) is 10.4. The Balaban J connectivity index is 1.54. The van der Waals surface area contributed by atoms with E-state index in [0.717, 1.165) is 4.88 Å². The smallest absolute Gasteiger partial charge is 0.254 e. The van der Waals surface area contributed by atoms with Gasteiger partial charge in [-0.25, -0.2) is 8.42 Å². The first-order chi connectivity index (χ1) is 15.3. The monoisotopic (exact) mass is 474 g/mol.